The highest BCUT2D eigenvalue weighted by Gasteiger charge is 2.65. The summed E-state index contributed by atoms with van der Waals surface area (Å²) in [5.41, 5.74) is 7.63. The molecule has 0 saturated carbocycles. The van der Waals surface area contributed by atoms with Crippen molar-refractivity contribution in [2.75, 3.05) is 4.90 Å². The molecular formula is C43H43N5. The second kappa shape index (κ2) is 9.31. The predicted octanol–water partition coefficient (Wildman–Crippen LogP) is 10.5. The number of aliphatic imine (C=N–C) groups is 1. The van der Waals surface area contributed by atoms with Crippen molar-refractivity contribution in [1.29, 1.82) is 0 Å². The van der Waals surface area contributed by atoms with Crippen LogP contribution in [0, 0.1) is 0 Å². The number of fused-ring (bicyclic) bond motifs is 8. The molecule has 48 heavy (non-hydrogen) atoms. The molecule has 2 aliphatic heterocycles. The molecule has 0 N–H and O–H groups in total. The summed E-state index contributed by atoms with van der Waals surface area (Å²) >= 11 is 0. The third-order valence-corrected chi connectivity index (χ3v) is 12.3. The second-order valence-corrected chi connectivity index (χ2v) is 15.7. The molecule has 5 heteroatoms. The Morgan fingerprint density at radius 1 is 0.438 bits per heavy atom. The molecule has 0 amide bonds. The van der Waals surface area contributed by atoms with Crippen LogP contribution in [0.3, 0.4) is 0 Å². The maximum atomic E-state index is 5.43. The molecule has 0 unspecified atom stereocenters. The van der Waals surface area contributed by atoms with E-state index in [0.717, 1.165) is 17.3 Å². The summed E-state index contributed by atoms with van der Waals surface area (Å²) in [6.07, 6.45) is 0. The lowest BCUT2D eigenvalue weighted by molar-refractivity contribution is 0.0529. The van der Waals surface area contributed by atoms with Crippen LogP contribution in [0.15, 0.2) is 120 Å². The van der Waals surface area contributed by atoms with E-state index in [-0.39, 0.29) is 22.2 Å². The first-order valence-electron chi connectivity index (χ1n) is 17.2. The molecule has 4 heterocycles. The van der Waals surface area contributed by atoms with Crippen molar-refractivity contribution in [3.63, 3.8) is 0 Å². The van der Waals surface area contributed by atoms with E-state index in [2.05, 4.69) is 190 Å². The van der Waals surface area contributed by atoms with Gasteiger partial charge in [0.15, 0.2) is 0 Å². The van der Waals surface area contributed by atoms with Crippen LogP contribution >= 0.6 is 0 Å². The minimum Gasteiger partial charge on any atom is -0.327 e. The van der Waals surface area contributed by atoms with E-state index in [1.165, 1.54) is 49.3 Å². The van der Waals surface area contributed by atoms with E-state index < -0.39 is 0 Å². The number of aromatic nitrogens is 2. The van der Waals surface area contributed by atoms with Crippen molar-refractivity contribution in [3.05, 3.63) is 115 Å². The summed E-state index contributed by atoms with van der Waals surface area (Å²) in [6, 6.07) is 42.1. The molecule has 2 aliphatic rings. The van der Waals surface area contributed by atoms with E-state index >= 15 is 0 Å². The van der Waals surface area contributed by atoms with Crippen molar-refractivity contribution in [1.82, 2.24) is 14.0 Å². The van der Waals surface area contributed by atoms with E-state index in [0.29, 0.717) is 0 Å². The third kappa shape index (κ3) is 3.49. The highest BCUT2D eigenvalue weighted by molar-refractivity contribution is 6.28. The van der Waals surface area contributed by atoms with E-state index in [4.69, 9.17) is 4.99 Å². The molecule has 0 atom stereocenters. The van der Waals surface area contributed by atoms with Crippen molar-refractivity contribution < 1.29 is 0 Å². The minimum atomic E-state index is -0.219. The molecule has 2 aromatic heterocycles. The van der Waals surface area contributed by atoms with Gasteiger partial charge in [-0.15, -0.1) is 0 Å². The fraction of sp³-hybridized carbons (Fsp3) is 0.279. The number of nitrogens with zero attached hydrogens (tertiary/aromatic N) is 5. The van der Waals surface area contributed by atoms with Crippen LogP contribution in [-0.4, -0.2) is 42.1 Å². The summed E-state index contributed by atoms with van der Waals surface area (Å²) in [7, 11) is 0. The van der Waals surface area contributed by atoms with Crippen LogP contribution in [0.2, 0.25) is 0 Å². The largest absolute Gasteiger partial charge is 0.327 e. The zero-order chi connectivity index (χ0) is 33.4. The van der Waals surface area contributed by atoms with Gasteiger partial charge in [0.2, 0.25) is 5.96 Å². The van der Waals surface area contributed by atoms with Crippen molar-refractivity contribution >= 4 is 55.3 Å². The fourth-order valence-corrected chi connectivity index (χ4v) is 8.72. The normalized spacial score (nSPS) is 19.1. The van der Waals surface area contributed by atoms with Gasteiger partial charge in [0, 0.05) is 38.6 Å². The number of benzene rings is 5. The molecule has 5 aromatic carbocycles. The van der Waals surface area contributed by atoms with Gasteiger partial charge in [-0.1, -0.05) is 60.7 Å². The smallest absolute Gasteiger partial charge is 0.203 e. The monoisotopic (exact) mass is 629 g/mol. The lowest BCUT2D eigenvalue weighted by Crippen LogP contribution is -2.62. The first-order valence-corrected chi connectivity index (χ1v) is 17.2. The number of hydrogen-bond acceptors (Lipinski definition) is 3. The summed E-state index contributed by atoms with van der Waals surface area (Å²) < 4.78 is 4.86. The summed E-state index contributed by atoms with van der Waals surface area (Å²) in [4.78, 5) is 10.5. The lowest BCUT2D eigenvalue weighted by Gasteiger charge is -2.50. The third-order valence-electron chi connectivity index (χ3n) is 12.3. The average molecular weight is 630 g/mol. The molecule has 240 valence electrons. The van der Waals surface area contributed by atoms with Gasteiger partial charge in [-0.2, -0.15) is 0 Å². The average Bonchev–Trinajstić information content (AvgIpc) is 3.67. The number of guanidine groups is 1. The Hall–Kier alpha value is -5.03. The fourth-order valence-electron chi connectivity index (χ4n) is 8.72. The lowest BCUT2D eigenvalue weighted by atomic mass is 9.76. The summed E-state index contributed by atoms with van der Waals surface area (Å²) in [5, 5.41) is 5.11. The van der Waals surface area contributed by atoms with E-state index in [1.54, 1.807) is 0 Å². The zero-order valence-electron chi connectivity index (χ0n) is 29.2. The van der Waals surface area contributed by atoms with Gasteiger partial charge < -0.3 is 18.9 Å². The summed E-state index contributed by atoms with van der Waals surface area (Å²) in [5.74, 6) is 1.06. The Morgan fingerprint density at radius 3 is 1.54 bits per heavy atom. The molecule has 0 aliphatic carbocycles. The Morgan fingerprint density at radius 2 is 0.938 bits per heavy atom. The molecule has 9 rings (SSSR count). The second-order valence-electron chi connectivity index (χ2n) is 15.7. The molecule has 7 aromatic rings. The number of rotatable bonds is 3. The minimum absolute atomic E-state index is 0.132. The van der Waals surface area contributed by atoms with Crippen LogP contribution in [0.4, 0.5) is 5.69 Å². The van der Waals surface area contributed by atoms with Gasteiger partial charge in [0.05, 0.1) is 44.2 Å². The zero-order valence-corrected chi connectivity index (χ0v) is 29.2. The maximum absolute atomic E-state index is 5.43. The van der Waals surface area contributed by atoms with Gasteiger partial charge in [0.25, 0.3) is 0 Å². The number of hydrogen-bond donors (Lipinski definition) is 0. The van der Waals surface area contributed by atoms with Crippen molar-refractivity contribution in [2.45, 2.75) is 77.5 Å². The van der Waals surface area contributed by atoms with Gasteiger partial charge in [-0.05, 0) is 110 Å². The van der Waals surface area contributed by atoms with Crippen molar-refractivity contribution in [2.24, 2.45) is 4.99 Å². The highest BCUT2D eigenvalue weighted by Crippen LogP contribution is 2.54. The highest BCUT2D eigenvalue weighted by atomic mass is 15.6. The first kappa shape index (κ1) is 29.1. The molecule has 0 spiro atoms. The van der Waals surface area contributed by atoms with E-state index in [1.807, 2.05) is 0 Å². The Kier molecular flexibility index (Phi) is 5.65. The van der Waals surface area contributed by atoms with Gasteiger partial charge in [0.1, 0.15) is 0 Å². The first-order chi connectivity index (χ1) is 22.9. The van der Waals surface area contributed by atoms with Gasteiger partial charge in [-0.3, -0.25) is 0 Å². The molecule has 5 nitrogen and oxygen atoms in total. The number of para-hydroxylation sites is 3. The van der Waals surface area contributed by atoms with E-state index in [9.17, 15) is 0 Å². The Balaban J connectivity index is 1.31. The molecular weight excluding hydrogens is 587 g/mol. The number of anilines is 1. The topological polar surface area (TPSA) is 28.7 Å². The van der Waals surface area contributed by atoms with Gasteiger partial charge >= 0.3 is 0 Å². The van der Waals surface area contributed by atoms with Crippen molar-refractivity contribution in [3.8, 4) is 11.4 Å². The molecule has 1 saturated heterocycles. The van der Waals surface area contributed by atoms with Crippen LogP contribution in [0.1, 0.15) is 55.4 Å². The van der Waals surface area contributed by atoms with Crippen LogP contribution in [-0.2, 0) is 0 Å². The van der Waals surface area contributed by atoms with Crippen LogP contribution in [0.5, 0.6) is 0 Å². The SMILES string of the molecule is CC1(C)N=C2N(c3cccc(-n4c5ccccc5c5c6c7ccccc7n(-c7ccccc7)c6ccc54)c3)C(C)(C)C(C)(C)N2C1(C)C. The maximum Gasteiger partial charge on any atom is 0.203 e. The quantitative estimate of drug-likeness (QED) is 0.195. The predicted molar refractivity (Wildman–Crippen MR) is 203 cm³/mol. The van der Waals surface area contributed by atoms with Crippen LogP contribution < -0.4 is 4.90 Å². The molecule has 0 radical (unpaired) electrons. The Labute approximate surface area is 282 Å². The molecule has 1 fully saturated rings. The standard InChI is InChI=1S/C43H43N5/c1-40(2)41(3,4)48-39(44-40)47(42(5,6)43(48,7)8)30-20-16-19-29(27-30)46-34-24-15-13-22-32(34)38-36(46)26-25-35-37(38)31-21-12-14-23-33(31)45(35)28-17-10-9-11-18-28/h9-27H,1-8H3. The van der Waals surface area contributed by atoms with Crippen LogP contribution in [0.25, 0.3) is 55.0 Å². The Bertz CT molecular complexity index is 2470. The van der Waals surface area contributed by atoms with Gasteiger partial charge in [-0.25, -0.2) is 4.99 Å². The molecule has 0 bridgehead atoms. The summed E-state index contributed by atoms with van der Waals surface area (Å²) in [6.45, 7) is 18.7.